The fourth-order valence-electron chi connectivity index (χ4n) is 4.68. The lowest BCUT2D eigenvalue weighted by Gasteiger charge is -2.28. The van der Waals surface area contributed by atoms with Gasteiger partial charge in [0.2, 0.25) is 5.88 Å². The maximum Gasteiger partial charge on any atom is 0.335 e. The van der Waals surface area contributed by atoms with Gasteiger partial charge in [0.05, 0.1) is 42.2 Å². The van der Waals surface area contributed by atoms with E-state index < -0.39 is 35.5 Å². The minimum atomic E-state index is -1.37. The third-order valence-corrected chi connectivity index (χ3v) is 7.92. The van der Waals surface area contributed by atoms with Gasteiger partial charge in [0.25, 0.3) is 5.56 Å². The molecule has 0 saturated carbocycles. The van der Waals surface area contributed by atoms with Gasteiger partial charge < -0.3 is 14.6 Å². The zero-order valence-corrected chi connectivity index (χ0v) is 23.1. The Labute approximate surface area is 244 Å². The van der Waals surface area contributed by atoms with Gasteiger partial charge in [-0.3, -0.25) is 9.48 Å². The number of halogens is 4. The van der Waals surface area contributed by atoms with E-state index >= 15 is 8.78 Å². The van der Waals surface area contributed by atoms with Crippen LogP contribution < -0.4 is 10.3 Å². The summed E-state index contributed by atoms with van der Waals surface area (Å²) in [5.41, 5.74) is -1.33. The number of fused-ring (bicyclic) bond motifs is 1. The van der Waals surface area contributed by atoms with E-state index in [2.05, 4.69) is 9.97 Å². The van der Waals surface area contributed by atoms with Crippen LogP contribution in [-0.2, 0) is 24.4 Å². The van der Waals surface area contributed by atoms with Crippen molar-refractivity contribution in [1.29, 1.82) is 0 Å². The number of aromatic nitrogens is 4. The van der Waals surface area contributed by atoms with Crippen molar-refractivity contribution in [1.82, 2.24) is 19.3 Å². The average molecular weight is 617 g/mol. The zero-order valence-electron chi connectivity index (χ0n) is 21.5. The Morgan fingerprint density at radius 1 is 1.14 bits per heavy atom. The highest BCUT2D eigenvalue weighted by molar-refractivity contribution is 7.15. The number of carbonyl (C=O) groups is 1. The number of rotatable bonds is 9. The van der Waals surface area contributed by atoms with Gasteiger partial charge in [0.1, 0.15) is 38.8 Å². The fourth-order valence-corrected chi connectivity index (χ4v) is 5.55. The number of aromatic carboxylic acids is 1. The molecule has 216 valence electrons. The van der Waals surface area contributed by atoms with Gasteiger partial charge in [-0.05, 0) is 36.8 Å². The van der Waals surface area contributed by atoms with Gasteiger partial charge in [-0.25, -0.2) is 32.6 Å². The van der Waals surface area contributed by atoms with Crippen LogP contribution in [0, 0.1) is 17.5 Å². The summed E-state index contributed by atoms with van der Waals surface area (Å²) in [5.74, 6) is -3.86. The Kier molecular flexibility index (Phi) is 7.47. The predicted octanol–water partition coefficient (Wildman–Crippen LogP) is 5.51. The number of ether oxygens (including phenoxy) is 2. The third-order valence-electron chi connectivity index (χ3n) is 6.83. The van der Waals surface area contributed by atoms with Crippen molar-refractivity contribution in [3.63, 3.8) is 0 Å². The Bertz CT molecular complexity index is 1900. The van der Waals surface area contributed by atoms with E-state index in [1.54, 1.807) is 12.1 Å². The second-order valence-electron chi connectivity index (χ2n) is 9.52. The number of hydrogen-bond acceptors (Lipinski definition) is 7. The molecule has 0 spiro atoms. The van der Waals surface area contributed by atoms with Crippen LogP contribution in [0.4, 0.5) is 13.2 Å². The maximum absolute atomic E-state index is 15.4. The maximum atomic E-state index is 15.4. The van der Waals surface area contributed by atoms with Gasteiger partial charge in [-0.1, -0.05) is 17.7 Å². The van der Waals surface area contributed by atoms with E-state index in [1.807, 2.05) is 0 Å². The van der Waals surface area contributed by atoms with Crippen molar-refractivity contribution in [2.24, 2.45) is 0 Å². The summed E-state index contributed by atoms with van der Waals surface area (Å²) >= 11 is 7.12. The topological polar surface area (TPSA) is 108 Å². The van der Waals surface area contributed by atoms with E-state index in [9.17, 15) is 19.1 Å². The minimum Gasteiger partial charge on any atom is -0.478 e. The van der Waals surface area contributed by atoms with Crippen LogP contribution in [0.1, 0.15) is 27.3 Å². The van der Waals surface area contributed by atoms with Crippen LogP contribution in [0.5, 0.6) is 5.88 Å². The first-order valence-electron chi connectivity index (χ1n) is 12.6. The summed E-state index contributed by atoms with van der Waals surface area (Å²) in [5, 5.41) is 9.67. The molecule has 1 fully saturated rings. The fraction of sp³-hybridized carbons (Fsp3) is 0.214. The van der Waals surface area contributed by atoms with Crippen LogP contribution in [0.3, 0.4) is 0 Å². The molecule has 5 aromatic rings. The van der Waals surface area contributed by atoms with Crippen LogP contribution in [0.25, 0.3) is 22.2 Å². The lowest BCUT2D eigenvalue weighted by Crippen LogP contribution is -2.35. The zero-order chi connectivity index (χ0) is 29.5. The van der Waals surface area contributed by atoms with Crippen LogP contribution in [0.2, 0.25) is 4.34 Å². The molecule has 3 aromatic heterocycles. The number of thiazole rings is 1. The molecule has 9 nitrogen and oxygen atoms in total. The summed E-state index contributed by atoms with van der Waals surface area (Å²) in [4.78, 5) is 33.2. The largest absolute Gasteiger partial charge is 0.478 e. The lowest BCUT2D eigenvalue weighted by molar-refractivity contribution is -0.0618. The number of hydrogen-bond donors (Lipinski definition) is 1. The number of pyridine rings is 1. The molecule has 6 rings (SSSR count). The predicted molar refractivity (Wildman–Crippen MR) is 148 cm³/mol. The molecule has 1 aliphatic rings. The van der Waals surface area contributed by atoms with E-state index in [4.69, 9.17) is 21.1 Å². The van der Waals surface area contributed by atoms with Crippen molar-refractivity contribution in [2.75, 3.05) is 6.61 Å². The minimum absolute atomic E-state index is 0.0198. The van der Waals surface area contributed by atoms with E-state index in [1.165, 1.54) is 34.3 Å². The second kappa shape index (κ2) is 11.2. The highest BCUT2D eigenvalue weighted by Crippen LogP contribution is 2.28. The molecule has 0 radical (unpaired) electrons. The van der Waals surface area contributed by atoms with Crippen LogP contribution in [-0.4, -0.2) is 43.1 Å². The Morgan fingerprint density at radius 2 is 1.95 bits per heavy atom. The Balaban J connectivity index is 1.34. The third kappa shape index (κ3) is 5.38. The first kappa shape index (κ1) is 27.9. The van der Waals surface area contributed by atoms with Crippen LogP contribution in [0.15, 0.2) is 53.5 Å². The van der Waals surface area contributed by atoms with E-state index in [0.29, 0.717) is 22.4 Å². The average Bonchev–Trinajstić information content (AvgIpc) is 3.47. The van der Waals surface area contributed by atoms with Crippen molar-refractivity contribution in [3.05, 3.63) is 96.9 Å². The van der Waals surface area contributed by atoms with Crippen molar-refractivity contribution < 1.29 is 32.5 Å². The molecular formula is C28H20ClF3N4O5S. The van der Waals surface area contributed by atoms with E-state index in [-0.39, 0.29) is 58.4 Å². The molecule has 1 atom stereocenters. The number of carboxylic acid groups (broad SMARTS) is 1. The Morgan fingerprint density at radius 3 is 2.64 bits per heavy atom. The van der Waals surface area contributed by atoms with Gasteiger partial charge in [-0.2, -0.15) is 0 Å². The molecular weight excluding hydrogens is 597 g/mol. The molecule has 1 aliphatic heterocycles. The number of carboxylic acids is 1. The highest BCUT2D eigenvalue weighted by Gasteiger charge is 2.26. The van der Waals surface area contributed by atoms with Gasteiger partial charge in [0, 0.05) is 23.8 Å². The van der Waals surface area contributed by atoms with Gasteiger partial charge >= 0.3 is 5.97 Å². The summed E-state index contributed by atoms with van der Waals surface area (Å²) < 4.78 is 59.7. The number of benzene rings is 2. The monoisotopic (exact) mass is 616 g/mol. The van der Waals surface area contributed by atoms with Gasteiger partial charge in [-0.15, -0.1) is 11.3 Å². The molecule has 42 heavy (non-hydrogen) atoms. The van der Waals surface area contributed by atoms with Crippen molar-refractivity contribution in [2.45, 2.75) is 32.2 Å². The van der Waals surface area contributed by atoms with Crippen LogP contribution >= 0.6 is 22.9 Å². The second-order valence-corrected chi connectivity index (χ2v) is 11.3. The molecule has 0 bridgehead atoms. The SMILES string of the molecule is O=C(O)c1cc(F)c2c(=O)n(Cc3cc(F)c(-c4cccc(OCc5ncc(Cl)s5)n4)cc3F)n(C[C@@H]3CCO3)c2c1. The lowest BCUT2D eigenvalue weighted by atomic mass is 10.1. The first-order chi connectivity index (χ1) is 20.2. The highest BCUT2D eigenvalue weighted by atomic mass is 35.5. The number of nitrogens with zero attached hydrogens (tertiary/aromatic N) is 4. The molecule has 4 heterocycles. The Hall–Kier alpha value is -4.20. The molecule has 2 aromatic carbocycles. The summed E-state index contributed by atoms with van der Waals surface area (Å²) in [6.45, 7) is 0.238. The molecule has 1 N–H and O–H groups in total. The quantitative estimate of drug-likeness (QED) is 0.233. The summed E-state index contributed by atoms with van der Waals surface area (Å²) in [7, 11) is 0. The first-order valence-corrected chi connectivity index (χ1v) is 13.8. The standard InChI is InChI=1S/C28H20ClF3N4O5S/c29-23-10-33-25(42-23)13-41-24-3-1-2-21(34-24)17-9-18(30)15(7-19(17)31)11-36-27(37)26-20(32)6-14(28(38)39)8-22(26)35(36)12-16-4-5-40-16/h1-3,6-10,16H,4-5,11-13H2,(H,38,39)/t16-/m0/s1. The molecule has 0 amide bonds. The van der Waals surface area contributed by atoms with Crippen molar-refractivity contribution >= 4 is 39.8 Å². The molecule has 14 heteroatoms. The molecule has 1 saturated heterocycles. The van der Waals surface area contributed by atoms with Gasteiger partial charge in [0.15, 0.2) is 0 Å². The normalized spacial score (nSPS) is 14.7. The van der Waals surface area contributed by atoms with E-state index in [0.717, 1.165) is 22.9 Å². The van der Waals surface area contributed by atoms with Crippen molar-refractivity contribution in [3.8, 4) is 17.1 Å². The smallest absolute Gasteiger partial charge is 0.335 e. The summed E-state index contributed by atoms with van der Waals surface area (Å²) in [6.07, 6.45) is 1.85. The molecule has 0 unspecified atom stereocenters. The summed E-state index contributed by atoms with van der Waals surface area (Å²) in [6, 6.07) is 8.49. The molecule has 0 aliphatic carbocycles.